The van der Waals surface area contributed by atoms with Crippen LogP contribution < -0.4 is 5.32 Å². The highest BCUT2D eigenvalue weighted by Crippen LogP contribution is 2.10. The van der Waals surface area contributed by atoms with E-state index in [1.807, 2.05) is 0 Å². The molecule has 1 aromatic carbocycles. The fourth-order valence-electron chi connectivity index (χ4n) is 1.50. The van der Waals surface area contributed by atoms with Crippen LogP contribution in [-0.4, -0.2) is 37.3 Å². The van der Waals surface area contributed by atoms with Crippen LogP contribution in [0.15, 0.2) is 24.3 Å². The molecule has 0 aromatic heterocycles. The molecule has 118 valence electrons. The van der Waals surface area contributed by atoms with E-state index in [0.29, 0.717) is 11.3 Å². The third-order valence-electron chi connectivity index (χ3n) is 2.64. The Hall–Kier alpha value is -2.70. The van der Waals surface area contributed by atoms with Crippen LogP contribution in [0.2, 0.25) is 0 Å². The molecule has 22 heavy (non-hydrogen) atoms. The van der Waals surface area contributed by atoms with Crippen LogP contribution in [-0.2, 0) is 23.9 Å². The topological polar surface area (TPSA) is 98.8 Å². The summed E-state index contributed by atoms with van der Waals surface area (Å²) in [5, 5.41) is 2.51. The molecule has 0 saturated carbocycles. The number of rotatable bonds is 7. The van der Waals surface area contributed by atoms with Gasteiger partial charge in [0, 0.05) is 12.1 Å². The van der Waals surface area contributed by atoms with E-state index in [4.69, 9.17) is 4.74 Å². The molecule has 0 heterocycles. The minimum Gasteiger partial charge on any atom is -0.465 e. The van der Waals surface area contributed by atoms with Gasteiger partial charge < -0.3 is 19.6 Å². The lowest BCUT2D eigenvalue weighted by Gasteiger charge is -2.07. The van der Waals surface area contributed by atoms with Crippen molar-refractivity contribution in [2.24, 2.45) is 0 Å². The summed E-state index contributed by atoms with van der Waals surface area (Å²) in [6, 6.07) is 6.06. The lowest BCUT2D eigenvalue weighted by atomic mass is 10.2. The van der Waals surface area contributed by atoms with Gasteiger partial charge in [0.15, 0.2) is 6.61 Å². The predicted molar refractivity (Wildman–Crippen MR) is 77.3 cm³/mol. The van der Waals surface area contributed by atoms with E-state index in [1.165, 1.54) is 38.3 Å². The first kappa shape index (κ1) is 17.4. The molecule has 1 amide bonds. The zero-order chi connectivity index (χ0) is 16.5. The summed E-state index contributed by atoms with van der Waals surface area (Å²) in [6.07, 6.45) is 0.0475. The zero-order valence-corrected chi connectivity index (χ0v) is 12.4. The van der Waals surface area contributed by atoms with Crippen LogP contribution >= 0.6 is 0 Å². The van der Waals surface area contributed by atoms with Gasteiger partial charge in [0.05, 0.1) is 19.1 Å². The fraction of sp³-hybridized carbons (Fsp3) is 0.333. The molecule has 0 atom stereocenters. The molecular weight excluding hydrogens is 290 g/mol. The molecule has 7 heteroatoms. The highest BCUT2D eigenvalue weighted by atomic mass is 16.5. The summed E-state index contributed by atoms with van der Waals surface area (Å²) >= 11 is 0. The van der Waals surface area contributed by atoms with Crippen molar-refractivity contribution in [3.05, 3.63) is 29.8 Å². The molecule has 0 fully saturated rings. The van der Waals surface area contributed by atoms with Crippen molar-refractivity contribution in [2.45, 2.75) is 19.8 Å². The highest BCUT2D eigenvalue weighted by Gasteiger charge is 2.10. The van der Waals surface area contributed by atoms with Crippen LogP contribution in [0, 0.1) is 0 Å². The van der Waals surface area contributed by atoms with Crippen molar-refractivity contribution >= 4 is 29.3 Å². The van der Waals surface area contributed by atoms with Crippen LogP contribution in [0.4, 0.5) is 5.69 Å². The molecule has 0 radical (unpaired) electrons. The van der Waals surface area contributed by atoms with E-state index in [9.17, 15) is 19.2 Å². The Bertz CT molecular complexity index is 564. The molecule has 0 bridgehead atoms. The van der Waals surface area contributed by atoms with E-state index in [-0.39, 0.29) is 18.6 Å². The van der Waals surface area contributed by atoms with Crippen molar-refractivity contribution in [3.63, 3.8) is 0 Å². The second-order valence-corrected chi connectivity index (χ2v) is 4.48. The van der Waals surface area contributed by atoms with Gasteiger partial charge >= 0.3 is 11.9 Å². The summed E-state index contributed by atoms with van der Waals surface area (Å²) < 4.78 is 9.28. The van der Waals surface area contributed by atoms with E-state index >= 15 is 0 Å². The summed E-state index contributed by atoms with van der Waals surface area (Å²) in [6.45, 7) is 0.938. The Balaban J connectivity index is 2.40. The third kappa shape index (κ3) is 6.17. The molecule has 0 unspecified atom stereocenters. The minimum absolute atomic E-state index is 0.0452. The maximum absolute atomic E-state index is 11.6. The Morgan fingerprint density at radius 2 is 1.68 bits per heavy atom. The van der Waals surface area contributed by atoms with Crippen LogP contribution in [0.3, 0.4) is 0 Å². The molecule has 7 nitrogen and oxygen atoms in total. The number of hydrogen-bond donors (Lipinski definition) is 1. The van der Waals surface area contributed by atoms with Gasteiger partial charge in [-0.15, -0.1) is 0 Å². The van der Waals surface area contributed by atoms with Gasteiger partial charge in [-0.05, 0) is 31.2 Å². The number of ketones is 1. The second kappa shape index (κ2) is 8.56. The second-order valence-electron chi connectivity index (χ2n) is 4.48. The number of esters is 2. The van der Waals surface area contributed by atoms with Crippen molar-refractivity contribution in [2.75, 3.05) is 19.0 Å². The van der Waals surface area contributed by atoms with E-state index in [0.717, 1.165) is 0 Å². The molecule has 0 aliphatic heterocycles. The Morgan fingerprint density at radius 3 is 2.23 bits per heavy atom. The predicted octanol–water partition coefficient (Wildman–Crippen LogP) is 1.32. The average Bonchev–Trinajstić information content (AvgIpc) is 2.50. The number of ether oxygens (including phenoxy) is 2. The SMILES string of the molecule is COC(=O)c1ccc(NC(=O)COC(=O)CCC(C)=O)cc1. The number of Topliss-reactive ketones (excluding diaryl/α,β-unsaturated/α-hetero) is 1. The summed E-state index contributed by atoms with van der Waals surface area (Å²) in [5.41, 5.74) is 0.814. The fourth-order valence-corrected chi connectivity index (χ4v) is 1.50. The van der Waals surface area contributed by atoms with Crippen LogP contribution in [0.5, 0.6) is 0 Å². The highest BCUT2D eigenvalue weighted by molar-refractivity contribution is 5.94. The lowest BCUT2D eigenvalue weighted by Crippen LogP contribution is -2.21. The van der Waals surface area contributed by atoms with Gasteiger partial charge in [-0.1, -0.05) is 0 Å². The lowest BCUT2D eigenvalue weighted by molar-refractivity contribution is -0.148. The van der Waals surface area contributed by atoms with Gasteiger partial charge in [0.1, 0.15) is 5.78 Å². The number of anilines is 1. The van der Waals surface area contributed by atoms with E-state index in [1.54, 1.807) is 0 Å². The summed E-state index contributed by atoms with van der Waals surface area (Å²) in [7, 11) is 1.28. The standard InChI is InChI=1S/C15H17NO6/c1-10(17)3-8-14(19)22-9-13(18)16-12-6-4-11(5-7-12)15(20)21-2/h4-7H,3,8-9H2,1-2H3,(H,16,18). The van der Waals surface area contributed by atoms with E-state index < -0.39 is 24.5 Å². The van der Waals surface area contributed by atoms with Crippen LogP contribution in [0.1, 0.15) is 30.1 Å². The number of carbonyl (C=O) groups excluding carboxylic acids is 4. The quantitative estimate of drug-likeness (QED) is 0.763. The summed E-state index contributed by atoms with van der Waals surface area (Å²) in [4.78, 5) is 44.8. The van der Waals surface area contributed by atoms with Crippen LogP contribution in [0.25, 0.3) is 0 Å². The average molecular weight is 307 g/mol. The number of nitrogens with one attached hydrogen (secondary N) is 1. The molecule has 0 saturated heterocycles. The molecule has 0 aliphatic rings. The zero-order valence-electron chi connectivity index (χ0n) is 12.4. The Labute approximate surface area is 127 Å². The first-order valence-electron chi connectivity index (χ1n) is 6.55. The maximum Gasteiger partial charge on any atom is 0.337 e. The van der Waals surface area contributed by atoms with Gasteiger partial charge in [-0.3, -0.25) is 9.59 Å². The summed E-state index contributed by atoms with van der Waals surface area (Å²) in [5.74, 6) is -1.71. The number of methoxy groups -OCH3 is 1. The number of carbonyl (C=O) groups is 4. The molecule has 1 N–H and O–H groups in total. The van der Waals surface area contributed by atoms with Crippen molar-refractivity contribution < 1.29 is 28.7 Å². The van der Waals surface area contributed by atoms with E-state index in [2.05, 4.69) is 10.1 Å². The molecular formula is C15H17NO6. The van der Waals surface area contributed by atoms with Gasteiger partial charge in [-0.25, -0.2) is 4.79 Å². The molecule has 0 spiro atoms. The van der Waals surface area contributed by atoms with Crippen molar-refractivity contribution in [3.8, 4) is 0 Å². The molecule has 1 rings (SSSR count). The minimum atomic E-state index is -0.605. The largest absolute Gasteiger partial charge is 0.465 e. The van der Waals surface area contributed by atoms with Gasteiger partial charge in [-0.2, -0.15) is 0 Å². The number of benzene rings is 1. The van der Waals surface area contributed by atoms with Gasteiger partial charge in [0.2, 0.25) is 0 Å². The normalized spacial score (nSPS) is 9.73. The van der Waals surface area contributed by atoms with Gasteiger partial charge in [0.25, 0.3) is 5.91 Å². The van der Waals surface area contributed by atoms with Crippen molar-refractivity contribution in [1.29, 1.82) is 0 Å². The number of amides is 1. The number of hydrogen-bond acceptors (Lipinski definition) is 6. The first-order chi connectivity index (χ1) is 10.4. The monoisotopic (exact) mass is 307 g/mol. The van der Waals surface area contributed by atoms with Crippen molar-refractivity contribution in [1.82, 2.24) is 0 Å². The maximum atomic E-state index is 11.6. The molecule has 1 aromatic rings. The smallest absolute Gasteiger partial charge is 0.337 e. The Kier molecular flexibility index (Phi) is 6.75. The third-order valence-corrected chi connectivity index (χ3v) is 2.64. The molecule has 0 aliphatic carbocycles. The first-order valence-corrected chi connectivity index (χ1v) is 6.55. The Morgan fingerprint density at radius 1 is 1.05 bits per heavy atom.